The van der Waals surface area contributed by atoms with Gasteiger partial charge in [0, 0.05) is 30.7 Å². The molecule has 4 nitrogen and oxygen atoms in total. The zero-order chi connectivity index (χ0) is 12.4. The van der Waals surface area contributed by atoms with Crippen molar-refractivity contribution >= 4 is 11.8 Å². The van der Waals surface area contributed by atoms with Gasteiger partial charge in [-0.15, -0.1) is 0 Å². The molecule has 1 aromatic heterocycles. The fraction of sp³-hybridized carbons (Fsp3) is 0.692. The number of aromatic nitrogens is 2. The van der Waals surface area contributed by atoms with Crippen molar-refractivity contribution in [1.29, 1.82) is 0 Å². The summed E-state index contributed by atoms with van der Waals surface area (Å²) in [6.45, 7) is 0.878. The molecular weight excluding hydrogens is 248 g/mol. The predicted octanol–water partition coefficient (Wildman–Crippen LogP) is 2.24. The number of hydrogen-bond donors (Lipinski definition) is 0. The van der Waals surface area contributed by atoms with Gasteiger partial charge in [0.1, 0.15) is 0 Å². The summed E-state index contributed by atoms with van der Waals surface area (Å²) in [6.07, 6.45) is 8.19. The van der Waals surface area contributed by atoms with Crippen LogP contribution in [0.4, 0.5) is 0 Å². The number of nitrogens with zero attached hydrogens (tertiary/aromatic N) is 2. The van der Waals surface area contributed by atoms with E-state index in [1.165, 1.54) is 25.7 Å². The van der Waals surface area contributed by atoms with Gasteiger partial charge in [-0.25, -0.2) is 0 Å². The van der Waals surface area contributed by atoms with E-state index < -0.39 is 0 Å². The molecule has 1 aliphatic heterocycles. The molecule has 0 spiro atoms. The first-order valence-electron chi connectivity index (χ1n) is 6.66. The standard InChI is InChI=1S/C13H18N2O2S/c16-12-6-7-15(10-4-5-10)13(14-12)18-9-11-3-1-2-8-17-11/h6-7,10-11H,1-5,8-9H2. The average Bonchev–Trinajstić information content (AvgIpc) is 3.22. The molecule has 0 radical (unpaired) electrons. The first-order valence-corrected chi connectivity index (χ1v) is 7.65. The van der Waals surface area contributed by atoms with Crippen molar-refractivity contribution in [2.45, 2.75) is 49.4 Å². The quantitative estimate of drug-likeness (QED) is 0.619. The maximum Gasteiger partial charge on any atom is 0.273 e. The fourth-order valence-electron chi connectivity index (χ4n) is 2.24. The van der Waals surface area contributed by atoms with E-state index in [0.717, 1.165) is 23.9 Å². The molecular formula is C13H18N2O2S. The zero-order valence-electron chi connectivity index (χ0n) is 10.4. The molecule has 3 rings (SSSR count). The Labute approximate surface area is 111 Å². The molecule has 1 atom stereocenters. The molecule has 2 fully saturated rings. The van der Waals surface area contributed by atoms with E-state index in [-0.39, 0.29) is 5.56 Å². The number of rotatable bonds is 4. The maximum absolute atomic E-state index is 11.4. The van der Waals surface area contributed by atoms with Crippen LogP contribution in [-0.2, 0) is 4.74 Å². The van der Waals surface area contributed by atoms with Crippen molar-refractivity contribution in [2.75, 3.05) is 12.4 Å². The molecule has 98 valence electrons. The van der Waals surface area contributed by atoms with Gasteiger partial charge in [0.2, 0.25) is 0 Å². The number of hydrogen-bond acceptors (Lipinski definition) is 4. The molecule has 1 aliphatic carbocycles. The Morgan fingerprint density at radius 2 is 2.28 bits per heavy atom. The highest BCUT2D eigenvalue weighted by molar-refractivity contribution is 7.99. The minimum atomic E-state index is -0.140. The molecule has 0 aromatic carbocycles. The Morgan fingerprint density at radius 3 is 3.00 bits per heavy atom. The van der Waals surface area contributed by atoms with Crippen molar-refractivity contribution < 1.29 is 4.74 Å². The highest BCUT2D eigenvalue weighted by Crippen LogP contribution is 2.37. The maximum atomic E-state index is 11.4. The molecule has 18 heavy (non-hydrogen) atoms. The smallest absolute Gasteiger partial charge is 0.273 e. The van der Waals surface area contributed by atoms with Crippen LogP contribution in [0.1, 0.15) is 38.1 Å². The summed E-state index contributed by atoms with van der Waals surface area (Å²) in [4.78, 5) is 15.5. The Balaban J connectivity index is 1.67. The van der Waals surface area contributed by atoms with Gasteiger partial charge in [0.25, 0.3) is 5.56 Å². The Morgan fingerprint density at radius 1 is 1.39 bits per heavy atom. The molecule has 1 aromatic rings. The third-order valence-corrected chi connectivity index (χ3v) is 4.52. The second kappa shape index (κ2) is 5.45. The van der Waals surface area contributed by atoms with Crippen molar-refractivity contribution in [3.05, 3.63) is 22.6 Å². The van der Waals surface area contributed by atoms with E-state index >= 15 is 0 Å². The summed E-state index contributed by atoms with van der Waals surface area (Å²) in [5, 5.41) is 0.860. The van der Waals surface area contributed by atoms with Crippen LogP contribution < -0.4 is 5.56 Å². The average molecular weight is 266 g/mol. The van der Waals surface area contributed by atoms with Crippen LogP contribution in [-0.4, -0.2) is 28.0 Å². The second-order valence-corrected chi connectivity index (χ2v) is 5.97. The van der Waals surface area contributed by atoms with E-state index in [2.05, 4.69) is 9.55 Å². The second-order valence-electron chi connectivity index (χ2n) is 4.99. The number of ether oxygens (including phenoxy) is 1. The summed E-state index contributed by atoms with van der Waals surface area (Å²) >= 11 is 1.66. The summed E-state index contributed by atoms with van der Waals surface area (Å²) in [5.41, 5.74) is -0.140. The number of thioether (sulfide) groups is 1. The van der Waals surface area contributed by atoms with Crippen molar-refractivity contribution in [3.63, 3.8) is 0 Å². The molecule has 0 N–H and O–H groups in total. The van der Waals surface area contributed by atoms with Crippen LogP contribution in [0.15, 0.2) is 22.2 Å². The van der Waals surface area contributed by atoms with Gasteiger partial charge in [-0.3, -0.25) is 4.79 Å². The minimum Gasteiger partial charge on any atom is -0.377 e. The van der Waals surface area contributed by atoms with Gasteiger partial charge in [-0.2, -0.15) is 4.98 Å². The lowest BCUT2D eigenvalue weighted by atomic mass is 10.1. The summed E-state index contributed by atoms with van der Waals surface area (Å²) in [7, 11) is 0. The van der Waals surface area contributed by atoms with Crippen LogP contribution in [0.25, 0.3) is 0 Å². The molecule has 0 amide bonds. The Bertz CT molecular complexity index is 464. The van der Waals surface area contributed by atoms with Crippen molar-refractivity contribution in [3.8, 4) is 0 Å². The van der Waals surface area contributed by atoms with Gasteiger partial charge in [-0.05, 0) is 32.1 Å². The lowest BCUT2D eigenvalue weighted by Gasteiger charge is -2.22. The van der Waals surface area contributed by atoms with Crippen LogP contribution in [0, 0.1) is 0 Å². The molecule has 1 saturated heterocycles. The zero-order valence-corrected chi connectivity index (χ0v) is 11.2. The first-order chi connectivity index (χ1) is 8.83. The largest absolute Gasteiger partial charge is 0.377 e. The van der Waals surface area contributed by atoms with Crippen molar-refractivity contribution in [2.24, 2.45) is 0 Å². The molecule has 2 heterocycles. The monoisotopic (exact) mass is 266 g/mol. The van der Waals surface area contributed by atoms with Crippen LogP contribution >= 0.6 is 11.8 Å². The molecule has 1 unspecified atom stereocenters. The minimum absolute atomic E-state index is 0.140. The Hall–Kier alpha value is -0.810. The van der Waals surface area contributed by atoms with Gasteiger partial charge in [-0.1, -0.05) is 11.8 Å². The summed E-state index contributed by atoms with van der Waals surface area (Å²) in [5.74, 6) is 0.906. The van der Waals surface area contributed by atoms with E-state index in [0.29, 0.717) is 12.1 Å². The topological polar surface area (TPSA) is 44.1 Å². The third kappa shape index (κ3) is 2.95. The third-order valence-electron chi connectivity index (χ3n) is 3.42. The van der Waals surface area contributed by atoms with Crippen LogP contribution in [0.2, 0.25) is 0 Å². The van der Waals surface area contributed by atoms with E-state index in [9.17, 15) is 4.79 Å². The van der Waals surface area contributed by atoms with Gasteiger partial charge in [0.05, 0.1) is 6.10 Å². The normalized spacial score (nSPS) is 24.1. The van der Waals surface area contributed by atoms with Crippen LogP contribution in [0.3, 0.4) is 0 Å². The summed E-state index contributed by atoms with van der Waals surface area (Å²) in [6, 6.07) is 2.12. The highest BCUT2D eigenvalue weighted by Gasteiger charge is 2.26. The van der Waals surface area contributed by atoms with Gasteiger partial charge in [0.15, 0.2) is 5.16 Å². The predicted molar refractivity (Wildman–Crippen MR) is 71.1 cm³/mol. The lowest BCUT2D eigenvalue weighted by Crippen LogP contribution is -2.22. The van der Waals surface area contributed by atoms with Crippen LogP contribution in [0.5, 0.6) is 0 Å². The van der Waals surface area contributed by atoms with Gasteiger partial charge >= 0.3 is 0 Å². The van der Waals surface area contributed by atoms with E-state index in [4.69, 9.17) is 4.74 Å². The first kappa shape index (κ1) is 12.2. The molecule has 0 bridgehead atoms. The fourth-order valence-corrected chi connectivity index (χ4v) is 3.35. The Kier molecular flexibility index (Phi) is 3.70. The molecule has 5 heteroatoms. The van der Waals surface area contributed by atoms with E-state index in [1.807, 2.05) is 6.20 Å². The van der Waals surface area contributed by atoms with Gasteiger partial charge < -0.3 is 9.30 Å². The lowest BCUT2D eigenvalue weighted by molar-refractivity contribution is 0.0315. The highest BCUT2D eigenvalue weighted by atomic mass is 32.2. The van der Waals surface area contributed by atoms with E-state index in [1.54, 1.807) is 17.8 Å². The molecule has 1 saturated carbocycles. The van der Waals surface area contributed by atoms with Crippen molar-refractivity contribution in [1.82, 2.24) is 9.55 Å². The molecule has 2 aliphatic rings. The SMILES string of the molecule is O=c1ccn(C2CC2)c(SCC2CCCCO2)n1. The summed E-state index contributed by atoms with van der Waals surface area (Å²) < 4.78 is 7.86.